The number of hydrogen-bond acceptors (Lipinski definition) is 5. The SMILES string of the molecule is CCNC(=NCc1ncnn1C)N(C)Cc1ccc2c(c1)OCCO2. The van der Waals surface area contributed by atoms with E-state index < -0.39 is 0 Å². The smallest absolute Gasteiger partial charge is 0.194 e. The van der Waals surface area contributed by atoms with Crippen LogP contribution in [0.15, 0.2) is 29.5 Å². The van der Waals surface area contributed by atoms with Crippen molar-refractivity contribution in [3.63, 3.8) is 0 Å². The summed E-state index contributed by atoms with van der Waals surface area (Å²) in [6.45, 7) is 5.23. The normalized spacial score (nSPS) is 13.6. The summed E-state index contributed by atoms with van der Waals surface area (Å²) in [6.07, 6.45) is 1.54. The third-order valence-corrected chi connectivity index (χ3v) is 3.90. The van der Waals surface area contributed by atoms with Gasteiger partial charge >= 0.3 is 0 Å². The first-order valence-electron chi connectivity index (χ1n) is 8.38. The molecule has 2 aromatic rings. The molecule has 0 spiro atoms. The molecule has 0 amide bonds. The minimum Gasteiger partial charge on any atom is -0.486 e. The van der Waals surface area contributed by atoms with Gasteiger partial charge in [-0.25, -0.2) is 9.98 Å². The van der Waals surface area contributed by atoms with Crippen molar-refractivity contribution in [2.24, 2.45) is 12.0 Å². The number of guanidine groups is 1. The van der Waals surface area contributed by atoms with Crippen LogP contribution in [0, 0.1) is 0 Å². The molecule has 134 valence electrons. The van der Waals surface area contributed by atoms with Gasteiger partial charge in [0, 0.05) is 27.2 Å². The Bertz CT molecular complexity index is 742. The van der Waals surface area contributed by atoms with Crippen molar-refractivity contribution >= 4 is 5.96 Å². The van der Waals surface area contributed by atoms with Gasteiger partial charge in [-0.05, 0) is 24.6 Å². The molecule has 1 aromatic heterocycles. The first kappa shape index (κ1) is 17.1. The van der Waals surface area contributed by atoms with Crippen LogP contribution in [-0.2, 0) is 20.1 Å². The van der Waals surface area contributed by atoms with Crippen molar-refractivity contribution in [1.82, 2.24) is 25.0 Å². The molecule has 8 heteroatoms. The monoisotopic (exact) mass is 344 g/mol. The molecule has 25 heavy (non-hydrogen) atoms. The number of rotatable bonds is 5. The van der Waals surface area contributed by atoms with Gasteiger partial charge in [-0.15, -0.1) is 0 Å². The molecule has 0 unspecified atom stereocenters. The van der Waals surface area contributed by atoms with Crippen molar-refractivity contribution < 1.29 is 9.47 Å². The molecule has 3 rings (SSSR count). The van der Waals surface area contributed by atoms with Gasteiger partial charge in [0.05, 0.1) is 0 Å². The van der Waals surface area contributed by atoms with Crippen molar-refractivity contribution in [2.45, 2.75) is 20.0 Å². The van der Waals surface area contributed by atoms with Gasteiger partial charge in [-0.2, -0.15) is 5.10 Å². The summed E-state index contributed by atoms with van der Waals surface area (Å²) in [5, 5.41) is 7.38. The first-order chi connectivity index (χ1) is 12.2. The molecule has 0 fully saturated rings. The van der Waals surface area contributed by atoms with E-state index in [2.05, 4.69) is 38.3 Å². The molecular weight excluding hydrogens is 320 g/mol. The highest BCUT2D eigenvalue weighted by atomic mass is 16.6. The average Bonchev–Trinajstić information content (AvgIpc) is 3.03. The first-order valence-corrected chi connectivity index (χ1v) is 8.38. The van der Waals surface area contributed by atoms with Crippen LogP contribution in [0.25, 0.3) is 0 Å². The van der Waals surface area contributed by atoms with E-state index >= 15 is 0 Å². The quantitative estimate of drug-likeness (QED) is 0.648. The molecule has 8 nitrogen and oxygen atoms in total. The van der Waals surface area contributed by atoms with Gasteiger partial charge in [0.15, 0.2) is 17.5 Å². The predicted molar refractivity (Wildman–Crippen MR) is 94.7 cm³/mol. The summed E-state index contributed by atoms with van der Waals surface area (Å²) >= 11 is 0. The Hall–Kier alpha value is -2.77. The fraction of sp³-hybridized carbons (Fsp3) is 0.471. The summed E-state index contributed by atoms with van der Waals surface area (Å²) in [4.78, 5) is 10.9. The van der Waals surface area contributed by atoms with Gasteiger partial charge in [-0.3, -0.25) is 4.68 Å². The standard InChI is InChI=1S/C17H24N6O2/c1-4-18-17(19-10-16-20-12-21-23(16)3)22(2)11-13-5-6-14-15(9-13)25-8-7-24-14/h5-6,9,12H,4,7-8,10-11H2,1-3H3,(H,18,19). The summed E-state index contributed by atoms with van der Waals surface area (Å²) in [6, 6.07) is 6.04. The second-order valence-electron chi connectivity index (χ2n) is 5.80. The fourth-order valence-corrected chi connectivity index (χ4v) is 2.61. The number of aryl methyl sites for hydroxylation is 1. The molecule has 0 saturated carbocycles. The second-order valence-corrected chi connectivity index (χ2v) is 5.80. The summed E-state index contributed by atoms with van der Waals surface area (Å²) in [7, 11) is 3.87. The molecule has 1 aromatic carbocycles. The molecule has 1 N–H and O–H groups in total. The number of fused-ring (bicyclic) bond motifs is 1. The van der Waals surface area contributed by atoms with Gasteiger partial charge in [0.2, 0.25) is 0 Å². The molecule has 0 atom stereocenters. The molecule has 0 aliphatic carbocycles. The molecule has 1 aliphatic rings. The summed E-state index contributed by atoms with van der Waals surface area (Å²) < 4.78 is 13.0. The van der Waals surface area contributed by atoms with E-state index in [0.29, 0.717) is 26.3 Å². The van der Waals surface area contributed by atoms with Crippen LogP contribution in [0.1, 0.15) is 18.3 Å². The van der Waals surface area contributed by atoms with Crippen LogP contribution in [0.3, 0.4) is 0 Å². The van der Waals surface area contributed by atoms with E-state index in [4.69, 9.17) is 9.47 Å². The predicted octanol–water partition coefficient (Wildman–Crippen LogP) is 1.18. The highest BCUT2D eigenvalue weighted by molar-refractivity contribution is 5.79. The Morgan fingerprint density at radius 1 is 1.32 bits per heavy atom. The zero-order chi connectivity index (χ0) is 17.6. The van der Waals surface area contributed by atoms with E-state index in [9.17, 15) is 0 Å². The van der Waals surface area contributed by atoms with E-state index in [1.165, 1.54) is 6.33 Å². The third kappa shape index (κ3) is 4.20. The number of nitrogens with zero attached hydrogens (tertiary/aromatic N) is 5. The lowest BCUT2D eigenvalue weighted by Crippen LogP contribution is -2.38. The molecule has 1 aliphatic heterocycles. The zero-order valence-electron chi connectivity index (χ0n) is 14.9. The molecule has 0 radical (unpaired) electrons. The molecule has 0 bridgehead atoms. The number of nitrogens with one attached hydrogen (secondary N) is 1. The Morgan fingerprint density at radius 2 is 2.12 bits per heavy atom. The molecular formula is C17H24N6O2. The van der Waals surface area contributed by atoms with Crippen molar-refractivity contribution in [2.75, 3.05) is 26.8 Å². The van der Waals surface area contributed by atoms with Crippen LogP contribution in [-0.4, -0.2) is 52.4 Å². The lowest BCUT2D eigenvalue weighted by atomic mass is 10.2. The van der Waals surface area contributed by atoms with Crippen molar-refractivity contribution in [1.29, 1.82) is 0 Å². The van der Waals surface area contributed by atoms with Gasteiger partial charge < -0.3 is 19.7 Å². The highest BCUT2D eigenvalue weighted by Gasteiger charge is 2.13. The lowest BCUT2D eigenvalue weighted by molar-refractivity contribution is 0.171. The van der Waals surface area contributed by atoms with E-state index in [0.717, 1.165) is 35.4 Å². The van der Waals surface area contributed by atoms with Gasteiger partial charge in [0.25, 0.3) is 0 Å². The summed E-state index contributed by atoms with van der Waals surface area (Å²) in [5.41, 5.74) is 1.14. The largest absolute Gasteiger partial charge is 0.486 e. The topological polar surface area (TPSA) is 76.8 Å². The average molecular weight is 344 g/mol. The highest BCUT2D eigenvalue weighted by Crippen LogP contribution is 2.31. The number of benzene rings is 1. The maximum Gasteiger partial charge on any atom is 0.194 e. The maximum absolute atomic E-state index is 5.66. The Labute approximate surface area is 147 Å². The van der Waals surface area contributed by atoms with Crippen LogP contribution in [0.2, 0.25) is 0 Å². The van der Waals surface area contributed by atoms with Crippen LogP contribution < -0.4 is 14.8 Å². The lowest BCUT2D eigenvalue weighted by Gasteiger charge is -2.23. The Balaban J connectivity index is 1.70. The molecule has 0 saturated heterocycles. The van der Waals surface area contributed by atoms with E-state index in [1.54, 1.807) is 4.68 Å². The minimum absolute atomic E-state index is 0.477. The molecule has 2 heterocycles. The second kappa shape index (κ2) is 7.87. The summed E-state index contributed by atoms with van der Waals surface area (Å²) in [5.74, 6) is 3.25. The number of hydrogen-bond donors (Lipinski definition) is 1. The van der Waals surface area contributed by atoms with Crippen molar-refractivity contribution in [3.8, 4) is 11.5 Å². The third-order valence-electron chi connectivity index (χ3n) is 3.90. The van der Waals surface area contributed by atoms with Gasteiger partial charge in [-0.1, -0.05) is 6.07 Å². The Kier molecular flexibility index (Phi) is 5.37. The minimum atomic E-state index is 0.477. The van der Waals surface area contributed by atoms with Gasteiger partial charge in [0.1, 0.15) is 31.9 Å². The Morgan fingerprint density at radius 3 is 2.84 bits per heavy atom. The van der Waals surface area contributed by atoms with Crippen LogP contribution in [0.5, 0.6) is 11.5 Å². The van der Waals surface area contributed by atoms with E-state index in [-0.39, 0.29) is 0 Å². The maximum atomic E-state index is 5.66. The number of aromatic nitrogens is 3. The number of aliphatic imine (C=N–C) groups is 1. The number of ether oxygens (including phenoxy) is 2. The zero-order valence-corrected chi connectivity index (χ0v) is 14.9. The van der Waals surface area contributed by atoms with E-state index in [1.807, 2.05) is 26.2 Å². The van der Waals surface area contributed by atoms with Crippen LogP contribution in [0.4, 0.5) is 0 Å². The van der Waals surface area contributed by atoms with Crippen LogP contribution >= 0.6 is 0 Å². The fourth-order valence-electron chi connectivity index (χ4n) is 2.61. The van der Waals surface area contributed by atoms with Crippen molar-refractivity contribution in [3.05, 3.63) is 35.9 Å².